The van der Waals surface area contributed by atoms with Crippen LogP contribution in [0.3, 0.4) is 0 Å². The Kier molecular flexibility index (Phi) is 5.31. The van der Waals surface area contributed by atoms with E-state index in [1.54, 1.807) is 0 Å². The molecule has 0 aromatic heterocycles. The SMILES string of the molecule is CC(=O)Nc1cccc([C@H](C)NC(=O)Cc2ccccc2)c1. The second kappa shape index (κ2) is 7.41. The molecule has 0 spiro atoms. The van der Waals surface area contributed by atoms with E-state index < -0.39 is 0 Å². The van der Waals surface area contributed by atoms with E-state index in [2.05, 4.69) is 10.6 Å². The Labute approximate surface area is 130 Å². The molecule has 0 saturated carbocycles. The Bertz CT molecular complexity index is 653. The molecule has 0 aliphatic rings. The summed E-state index contributed by atoms with van der Waals surface area (Å²) < 4.78 is 0. The number of hydrogen-bond acceptors (Lipinski definition) is 2. The first-order valence-corrected chi connectivity index (χ1v) is 7.25. The second-order valence-corrected chi connectivity index (χ2v) is 5.26. The highest BCUT2D eigenvalue weighted by Crippen LogP contribution is 2.17. The molecular formula is C18H20N2O2. The molecule has 2 N–H and O–H groups in total. The van der Waals surface area contributed by atoms with Gasteiger partial charge in [0.2, 0.25) is 11.8 Å². The Balaban J connectivity index is 1.98. The van der Waals surface area contributed by atoms with Crippen LogP contribution in [0.15, 0.2) is 54.6 Å². The van der Waals surface area contributed by atoms with Crippen molar-refractivity contribution in [1.29, 1.82) is 0 Å². The van der Waals surface area contributed by atoms with Crippen LogP contribution in [0, 0.1) is 0 Å². The fraction of sp³-hybridized carbons (Fsp3) is 0.222. The quantitative estimate of drug-likeness (QED) is 0.891. The second-order valence-electron chi connectivity index (χ2n) is 5.26. The normalized spacial score (nSPS) is 11.5. The molecule has 4 heteroatoms. The molecule has 2 aromatic carbocycles. The minimum atomic E-state index is -0.120. The van der Waals surface area contributed by atoms with Gasteiger partial charge in [-0.05, 0) is 30.2 Å². The first-order chi connectivity index (χ1) is 10.5. The van der Waals surface area contributed by atoms with Gasteiger partial charge >= 0.3 is 0 Å². The molecule has 2 amide bonds. The number of amides is 2. The predicted octanol–water partition coefficient (Wildman–Crippen LogP) is 3.06. The van der Waals surface area contributed by atoms with Crippen molar-refractivity contribution in [3.05, 3.63) is 65.7 Å². The summed E-state index contributed by atoms with van der Waals surface area (Å²) >= 11 is 0. The van der Waals surface area contributed by atoms with Crippen LogP contribution in [-0.2, 0) is 16.0 Å². The Morgan fingerprint density at radius 1 is 1.05 bits per heavy atom. The van der Waals surface area contributed by atoms with Gasteiger partial charge < -0.3 is 10.6 Å². The average Bonchev–Trinajstić information content (AvgIpc) is 2.47. The number of benzene rings is 2. The van der Waals surface area contributed by atoms with Gasteiger partial charge in [0.25, 0.3) is 0 Å². The third-order valence-electron chi connectivity index (χ3n) is 3.29. The molecule has 114 valence electrons. The highest BCUT2D eigenvalue weighted by Gasteiger charge is 2.10. The maximum atomic E-state index is 12.1. The Morgan fingerprint density at radius 2 is 1.77 bits per heavy atom. The van der Waals surface area contributed by atoms with Gasteiger partial charge in [0.05, 0.1) is 12.5 Å². The fourth-order valence-corrected chi connectivity index (χ4v) is 2.25. The summed E-state index contributed by atoms with van der Waals surface area (Å²) in [4.78, 5) is 23.2. The molecule has 4 nitrogen and oxygen atoms in total. The van der Waals surface area contributed by atoms with Crippen molar-refractivity contribution >= 4 is 17.5 Å². The molecule has 0 aliphatic heterocycles. The number of hydrogen-bond donors (Lipinski definition) is 2. The van der Waals surface area contributed by atoms with Gasteiger partial charge in [0, 0.05) is 12.6 Å². The molecule has 2 aromatic rings. The van der Waals surface area contributed by atoms with Gasteiger partial charge in [-0.25, -0.2) is 0 Å². The smallest absolute Gasteiger partial charge is 0.224 e. The molecule has 0 aliphatic carbocycles. The zero-order valence-corrected chi connectivity index (χ0v) is 12.8. The summed E-state index contributed by atoms with van der Waals surface area (Å²) in [5, 5.41) is 5.72. The lowest BCUT2D eigenvalue weighted by molar-refractivity contribution is -0.121. The van der Waals surface area contributed by atoms with Crippen LogP contribution in [0.1, 0.15) is 31.0 Å². The van der Waals surface area contributed by atoms with E-state index in [1.165, 1.54) is 6.92 Å². The molecular weight excluding hydrogens is 276 g/mol. The molecule has 0 unspecified atom stereocenters. The van der Waals surface area contributed by atoms with Crippen molar-refractivity contribution in [3.8, 4) is 0 Å². The Morgan fingerprint density at radius 3 is 2.45 bits per heavy atom. The number of carbonyl (C=O) groups is 2. The van der Waals surface area contributed by atoms with Crippen LogP contribution in [0.5, 0.6) is 0 Å². The van der Waals surface area contributed by atoms with Crippen LogP contribution < -0.4 is 10.6 Å². The molecule has 1 atom stereocenters. The van der Waals surface area contributed by atoms with Gasteiger partial charge in [-0.2, -0.15) is 0 Å². The molecule has 2 rings (SSSR count). The summed E-state index contributed by atoms with van der Waals surface area (Å²) in [6.07, 6.45) is 0.358. The summed E-state index contributed by atoms with van der Waals surface area (Å²) in [5.41, 5.74) is 2.67. The molecule has 0 heterocycles. The molecule has 0 radical (unpaired) electrons. The van der Waals surface area contributed by atoms with E-state index >= 15 is 0 Å². The van der Waals surface area contributed by atoms with E-state index in [9.17, 15) is 9.59 Å². The summed E-state index contributed by atoms with van der Waals surface area (Å²) in [7, 11) is 0. The van der Waals surface area contributed by atoms with E-state index in [-0.39, 0.29) is 17.9 Å². The van der Waals surface area contributed by atoms with Crippen LogP contribution in [0.2, 0.25) is 0 Å². The van der Waals surface area contributed by atoms with Gasteiger partial charge in [-0.1, -0.05) is 42.5 Å². The number of nitrogens with one attached hydrogen (secondary N) is 2. The van der Waals surface area contributed by atoms with Gasteiger partial charge in [-0.3, -0.25) is 9.59 Å². The van der Waals surface area contributed by atoms with Crippen molar-refractivity contribution in [2.24, 2.45) is 0 Å². The van der Waals surface area contributed by atoms with Gasteiger partial charge in [-0.15, -0.1) is 0 Å². The van der Waals surface area contributed by atoms with Crippen LogP contribution in [0.4, 0.5) is 5.69 Å². The molecule has 22 heavy (non-hydrogen) atoms. The average molecular weight is 296 g/mol. The summed E-state index contributed by atoms with van der Waals surface area (Å²) in [5.74, 6) is -0.137. The lowest BCUT2D eigenvalue weighted by atomic mass is 10.1. The standard InChI is InChI=1S/C18H20N2O2/c1-13(16-9-6-10-17(12-16)20-14(2)21)19-18(22)11-15-7-4-3-5-8-15/h3-10,12-13H,11H2,1-2H3,(H,19,22)(H,20,21)/t13-/m0/s1. The van der Waals surface area contributed by atoms with Gasteiger partial charge in [0.15, 0.2) is 0 Å². The molecule has 0 saturated heterocycles. The maximum absolute atomic E-state index is 12.1. The van der Waals surface area contributed by atoms with E-state index in [4.69, 9.17) is 0 Å². The molecule has 0 bridgehead atoms. The van der Waals surface area contributed by atoms with E-state index in [0.29, 0.717) is 6.42 Å². The van der Waals surface area contributed by atoms with Crippen LogP contribution >= 0.6 is 0 Å². The van der Waals surface area contributed by atoms with Crippen molar-refractivity contribution in [1.82, 2.24) is 5.32 Å². The van der Waals surface area contributed by atoms with Gasteiger partial charge in [0.1, 0.15) is 0 Å². The third kappa shape index (κ3) is 4.74. The first kappa shape index (κ1) is 15.8. The number of anilines is 1. The van der Waals surface area contributed by atoms with Crippen molar-refractivity contribution < 1.29 is 9.59 Å². The lowest BCUT2D eigenvalue weighted by Crippen LogP contribution is -2.28. The van der Waals surface area contributed by atoms with Crippen molar-refractivity contribution in [2.45, 2.75) is 26.3 Å². The Hall–Kier alpha value is -2.62. The van der Waals surface area contributed by atoms with Crippen molar-refractivity contribution in [2.75, 3.05) is 5.32 Å². The summed E-state index contributed by atoms with van der Waals surface area (Å²) in [6.45, 7) is 3.40. The predicted molar refractivity (Wildman–Crippen MR) is 87.4 cm³/mol. The fourth-order valence-electron chi connectivity index (χ4n) is 2.25. The monoisotopic (exact) mass is 296 g/mol. The minimum absolute atomic E-state index is 0.0244. The zero-order valence-electron chi connectivity index (χ0n) is 12.8. The highest BCUT2D eigenvalue weighted by molar-refractivity contribution is 5.88. The van der Waals surface area contributed by atoms with E-state index in [1.807, 2.05) is 61.5 Å². The minimum Gasteiger partial charge on any atom is -0.349 e. The third-order valence-corrected chi connectivity index (χ3v) is 3.29. The van der Waals surface area contributed by atoms with Crippen LogP contribution in [-0.4, -0.2) is 11.8 Å². The lowest BCUT2D eigenvalue weighted by Gasteiger charge is -2.15. The zero-order chi connectivity index (χ0) is 15.9. The van der Waals surface area contributed by atoms with E-state index in [0.717, 1.165) is 16.8 Å². The topological polar surface area (TPSA) is 58.2 Å². The first-order valence-electron chi connectivity index (χ1n) is 7.25. The number of carbonyl (C=O) groups excluding carboxylic acids is 2. The molecule has 0 fully saturated rings. The largest absolute Gasteiger partial charge is 0.349 e. The summed E-state index contributed by atoms with van der Waals surface area (Å²) in [6, 6.07) is 17.0. The van der Waals surface area contributed by atoms with Crippen molar-refractivity contribution in [3.63, 3.8) is 0 Å². The van der Waals surface area contributed by atoms with Crippen LogP contribution in [0.25, 0.3) is 0 Å². The highest BCUT2D eigenvalue weighted by atomic mass is 16.2. The maximum Gasteiger partial charge on any atom is 0.224 e. The number of rotatable bonds is 5.